The van der Waals surface area contributed by atoms with Crippen LogP contribution in [-0.4, -0.2) is 15.9 Å². The average molecular weight is 339 g/mol. The van der Waals surface area contributed by atoms with Gasteiger partial charge in [-0.25, -0.2) is 4.39 Å². The molecular formula is C14H12BrFN2O2. The summed E-state index contributed by atoms with van der Waals surface area (Å²) in [6.45, 7) is 0. The fraction of sp³-hybridized carbons (Fsp3) is 0.357. The van der Waals surface area contributed by atoms with Crippen molar-refractivity contribution < 1.29 is 13.7 Å². The Bertz CT molecular complexity index is 646. The van der Waals surface area contributed by atoms with Crippen LogP contribution in [0.15, 0.2) is 27.2 Å². The first-order valence-electron chi connectivity index (χ1n) is 6.44. The smallest absolute Gasteiger partial charge is 0.230 e. The van der Waals surface area contributed by atoms with E-state index in [1.807, 2.05) is 0 Å². The molecule has 0 radical (unpaired) electrons. The molecular weight excluding hydrogens is 327 g/mol. The van der Waals surface area contributed by atoms with Crippen LogP contribution in [0.25, 0.3) is 11.4 Å². The predicted octanol–water partition coefficient (Wildman–Crippen LogP) is 3.86. The highest BCUT2D eigenvalue weighted by atomic mass is 79.9. The first-order valence-corrected chi connectivity index (χ1v) is 7.23. The second-order valence-electron chi connectivity index (χ2n) is 4.89. The highest BCUT2D eigenvalue weighted by Crippen LogP contribution is 2.32. The molecule has 104 valence electrons. The second kappa shape index (κ2) is 5.44. The zero-order valence-corrected chi connectivity index (χ0v) is 12.2. The number of carbonyl (C=O) groups is 1. The summed E-state index contributed by atoms with van der Waals surface area (Å²) in [5.74, 6) is 0.958. The van der Waals surface area contributed by atoms with Crippen LogP contribution in [0.1, 0.15) is 37.5 Å². The van der Waals surface area contributed by atoms with Gasteiger partial charge in [0.25, 0.3) is 0 Å². The normalized spacial score (nSPS) is 16.6. The SMILES string of the molecule is O=C1CCC(c2nc(-c3cc(F)ccc3Br)no2)CC1. The minimum atomic E-state index is -0.349. The van der Waals surface area contributed by atoms with Gasteiger partial charge in [-0.1, -0.05) is 21.1 Å². The van der Waals surface area contributed by atoms with Gasteiger partial charge in [0.05, 0.1) is 0 Å². The van der Waals surface area contributed by atoms with E-state index in [4.69, 9.17) is 4.52 Å². The molecule has 0 aliphatic heterocycles. The van der Waals surface area contributed by atoms with Crippen LogP contribution < -0.4 is 0 Å². The molecule has 6 heteroatoms. The van der Waals surface area contributed by atoms with Crippen molar-refractivity contribution in [2.45, 2.75) is 31.6 Å². The molecule has 1 aromatic heterocycles. The van der Waals surface area contributed by atoms with Gasteiger partial charge in [-0.3, -0.25) is 4.79 Å². The van der Waals surface area contributed by atoms with Crippen LogP contribution in [0.2, 0.25) is 0 Å². The Balaban J connectivity index is 1.86. The summed E-state index contributed by atoms with van der Waals surface area (Å²) in [6, 6.07) is 4.34. The van der Waals surface area contributed by atoms with Crippen molar-refractivity contribution in [1.29, 1.82) is 0 Å². The van der Waals surface area contributed by atoms with Gasteiger partial charge < -0.3 is 4.52 Å². The Morgan fingerprint density at radius 1 is 1.30 bits per heavy atom. The number of nitrogens with zero attached hydrogens (tertiary/aromatic N) is 2. The molecule has 0 atom stereocenters. The van der Waals surface area contributed by atoms with E-state index in [-0.39, 0.29) is 17.5 Å². The molecule has 20 heavy (non-hydrogen) atoms. The van der Waals surface area contributed by atoms with Gasteiger partial charge in [0, 0.05) is 28.8 Å². The number of benzene rings is 1. The van der Waals surface area contributed by atoms with Gasteiger partial charge >= 0.3 is 0 Å². The summed E-state index contributed by atoms with van der Waals surface area (Å²) >= 11 is 3.35. The Morgan fingerprint density at radius 3 is 2.80 bits per heavy atom. The van der Waals surface area contributed by atoms with Crippen LogP contribution in [0.3, 0.4) is 0 Å². The van der Waals surface area contributed by atoms with Crippen molar-refractivity contribution in [3.8, 4) is 11.4 Å². The molecule has 0 spiro atoms. The maximum Gasteiger partial charge on any atom is 0.230 e. The monoisotopic (exact) mass is 338 g/mol. The predicted molar refractivity (Wildman–Crippen MR) is 73.6 cm³/mol. The third-order valence-electron chi connectivity index (χ3n) is 3.50. The van der Waals surface area contributed by atoms with E-state index in [1.54, 1.807) is 6.07 Å². The van der Waals surface area contributed by atoms with Crippen molar-refractivity contribution in [2.24, 2.45) is 0 Å². The molecule has 2 aromatic rings. The van der Waals surface area contributed by atoms with Crippen molar-refractivity contribution >= 4 is 21.7 Å². The van der Waals surface area contributed by atoms with Crippen LogP contribution in [0.5, 0.6) is 0 Å². The lowest BCUT2D eigenvalue weighted by molar-refractivity contribution is -0.120. The minimum Gasteiger partial charge on any atom is -0.339 e. The van der Waals surface area contributed by atoms with Gasteiger partial charge in [0.2, 0.25) is 11.7 Å². The maximum atomic E-state index is 13.3. The molecule has 0 N–H and O–H groups in total. The number of aromatic nitrogens is 2. The molecule has 1 fully saturated rings. The lowest BCUT2D eigenvalue weighted by Gasteiger charge is -2.16. The van der Waals surface area contributed by atoms with Gasteiger partial charge in [-0.15, -0.1) is 0 Å². The molecule has 1 heterocycles. The van der Waals surface area contributed by atoms with E-state index in [0.717, 1.165) is 12.8 Å². The Kier molecular flexibility index (Phi) is 3.65. The van der Waals surface area contributed by atoms with Crippen LogP contribution in [0.4, 0.5) is 4.39 Å². The largest absolute Gasteiger partial charge is 0.339 e. The van der Waals surface area contributed by atoms with E-state index >= 15 is 0 Å². The van der Waals surface area contributed by atoms with E-state index in [0.29, 0.717) is 34.6 Å². The van der Waals surface area contributed by atoms with Gasteiger partial charge in [-0.2, -0.15) is 4.98 Å². The average Bonchev–Trinajstić information content (AvgIpc) is 2.92. The highest BCUT2D eigenvalue weighted by Gasteiger charge is 2.25. The van der Waals surface area contributed by atoms with Crippen molar-refractivity contribution in [3.63, 3.8) is 0 Å². The molecule has 4 nitrogen and oxygen atoms in total. The van der Waals surface area contributed by atoms with Gasteiger partial charge in [0.15, 0.2) is 0 Å². The van der Waals surface area contributed by atoms with Crippen molar-refractivity contribution in [2.75, 3.05) is 0 Å². The van der Waals surface area contributed by atoms with Crippen molar-refractivity contribution in [3.05, 3.63) is 34.4 Å². The molecule has 1 aromatic carbocycles. The molecule has 0 saturated heterocycles. The molecule has 1 saturated carbocycles. The first-order chi connectivity index (χ1) is 9.63. The van der Waals surface area contributed by atoms with E-state index in [1.165, 1.54) is 12.1 Å². The van der Waals surface area contributed by atoms with Crippen LogP contribution >= 0.6 is 15.9 Å². The number of Topliss-reactive ketones (excluding diaryl/α,β-unsaturated/α-hetero) is 1. The van der Waals surface area contributed by atoms with Crippen molar-refractivity contribution in [1.82, 2.24) is 10.1 Å². The summed E-state index contributed by atoms with van der Waals surface area (Å²) in [4.78, 5) is 15.6. The fourth-order valence-corrected chi connectivity index (χ4v) is 2.79. The Hall–Kier alpha value is -1.56. The summed E-state index contributed by atoms with van der Waals surface area (Å²) in [5, 5.41) is 3.91. The summed E-state index contributed by atoms with van der Waals surface area (Å²) < 4.78 is 19.3. The highest BCUT2D eigenvalue weighted by molar-refractivity contribution is 9.10. The fourth-order valence-electron chi connectivity index (χ4n) is 2.37. The number of ketones is 1. The summed E-state index contributed by atoms with van der Waals surface area (Å²) in [5.41, 5.74) is 0.562. The van der Waals surface area contributed by atoms with Gasteiger partial charge in [-0.05, 0) is 31.0 Å². The molecule has 1 aliphatic rings. The number of rotatable bonds is 2. The van der Waals surface area contributed by atoms with Crippen LogP contribution in [0, 0.1) is 5.82 Å². The third-order valence-corrected chi connectivity index (χ3v) is 4.20. The summed E-state index contributed by atoms with van der Waals surface area (Å²) in [6.07, 6.45) is 2.60. The minimum absolute atomic E-state index is 0.126. The number of carbonyl (C=O) groups excluding carboxylic acids is 1. The quantitative estimate of drug-likeness (QED) is 0.834. The second-order valence-corrected chi connectivity index (χ2v) is 5.75. The van der Waals surface area contributed by atoms with E-state index in [2.05, 4.69) is 26.1 Å². The number of halogens is 2. The maximum absolute atomic E-state index is 13.3. The van der Waals surface area contributed by atoms with E-state index in [9.17, 15) is 9.18 Å². The Morgan fingerprint density at radius 2 is 2.05 bits per heavy atom. The Labute approximate surface area is 123 Å². The zero-order valence-electron chi connectivity index (χ0n) is 10.6. The standard InChI is InChI=1S/C14H12BrFN2O2/c15-12-6-3-9(16)7-11(12)13-17-14(20-18-13)8-1-4-10(19)5-2-8/h3,6-8H,1-2,4-5H2. The topological polar surface area (TPSA) is 56.0 Å². The van der Waals surface area contributed by atoms with Crippen LogP contribution in [-0.2, 0) is 4.79 Å². The molecule has 0 bridgehead atoms. The molecule has 3 rings (SSSR count). The third kappa shape index (κ3) is 2.65. The number of hydrogen-bond donors (Lipinski definition) is 0. The zero-order chi connectivity index (χ0) is 14.1. The van der Waals surface area contributed by atoms with Gasteiger partial charge in [0.1, 0.15) is 11.6 Å². The molecule has 0 amide bonds. The molecule has 1 aliphatic carbocycles. The lowest BCUT2D eigenvalue weighted by atomic mass is 9.88. The van der Waals surface area contributed by atoms with E-state index < -0.39 is 0 Å². The summed E-state index contributed by atoms with van der Waals surface area (Å²) in [7, 11) is 0. The molecule has 0 unspecified atom stereocenters. The first kappa shape index (κ1) is 13.4. The number of hydrogen-bond acceptors (Lipinski definition) is 4. The lowest BCUT2D eigenvalue weighted by Crippen LogP contribution is -2.12.